The summed E-state index contributed by atoms with van der Waals surface area (Å²) in [5, 5.41) is 0. The summed E-state index contributed by atoms with van der Waals surface area (Å²) in [6, 6.07) is 8.87. The Hall–Kier alpha value is -2.56. The fourth-order valence-electron chi connectivity index (χ4n) is 2.25. The smallest absolute Gasteiger partial charge is 0.342 e. The van der Waals surface area contributed by atoms with E-state index in [-0.39, 0.29) is 16.9 Å². The number of rotatable bonds is 4. The molecule has 0 saturated carbocycles. The number of hydrogen-bond acceptors (Lipinski definition) is 5. The van der Waals surface area contributed by atoms with Crippen LogP contribution in [0, 0.1) is 0 Å². The molecule has 2 aliphatic carbocycles. The largest absolute Gasteiger partial charge is 0.492 e. The summed E-state index contributed by atoms with van der Waals surface area (Å²) in [7, 11) is 2.58. The van der Waals surface area contributed by atoms with Crippen molar-refractivity contribution < 1.29 is 23.8 Å². The molecule has 5 nitrogen and oxygen atoms in total. The first kappa shape index (κ1) is 14.8. The van der Waals surface area contributed by atoms with Crippen molar-refractivity contribution in [3.63, 3.8) is 0 Å². The number of carbonyl (C=O) groups excluding carboxylic acids is 2. The lowest BCUT2D eigenvalue weighted by molar-refractivity contribution is 0.0596. The first-order valence-electron chi connectivity index (χ1n) is 6.49. The molecule has 0 amide bonds. The van der Waals surface area contributed by atoms with Gasteiger partial charge in [-0.25, -0.2) is 9.59 Å². The van der Waals surface area contributed by atoms with Crippen LogP contribution in [0.2, 0.25) is 0 Å². The highest BCUT2D eigenvalue weighted by atomic mass is 16.5. The maximum Gasteiger partial charge on any atom is 0.342 e. The van der Waals surface area contributed by atoms with Crippen LogP contribution in [0.1, 0.15) is 27.6 Å². The molecule has 0 bridgehead atoms. The number of hydrogen-bond donors (Lipinski definition) is 0. The fraction of sp³-hybridized carbons (Fsp3) is 0.250. The van der Waals surface area contributed by atoms with Gasteiger partial charge >= 0.3 is 11.9 Å². The zero-order chi connectivity index (χ0) is 15.4. The Balaban J connectivity index is 2.84. The third kappa shape index (κ3) is 2.54. The van der Waals surface area contributed by atoms with Crippen LogP contribution in [-0.2, 0) is 9.47 Å². The highest BCUT2D eigenvalue weighted by Crippen LogP contribution is 2.42. The average Bonchev–Trinajstić information content (AvgIpc) is 2.65. The SMILES string of the molecule is CCOc1c(C(=O)OC)c2cccccc-2c1C(=O)OC. The Bertz CT molecular complexity index is 597. The van der Waals surface area contributed by atoms with Crippen LogP contribution in [0.4, 0.5) is 0 Å². The van der Waals surface area contributed by atoms with Crippen LogP contribution in [0.3, 0.4) is 0 Å². The third-order valence-electron chi connectivity index (χ3n) is 3.10. The molecule has 0 radical (unpaired) electrons. The van der Waals surface area contributed by atoms with Crippen molar-refractivity contribution in [1.82, 2.24) is 0 Å². The second-order valence-corrected chi connectivity index (χ2v) is 4.23. The molecule has 0 aromatic heterocycles. The maximum atomic E-state index is 12.1. The topological polar surface area (TPSA) is 61.8 Å². The highest BCUT2D eigenvalue weighted by Gasteiger charge is 2.32. The van der Waals surface area contributed by atoms with E-state index in [1.165, 1.54) is 14.2 Å². The molecule has 0 N–H and O–H groups in total. The number of methoxy groups -OCH3 is 2. The fourth-order valence-corrected chi connectivity index (χ4v) is 2.25. The minimum atomic E-state index is -0.551. The van der Waals surface area contributed by atoms with Gasteiger partial charge in [-0.3, -0.25) is 0 Å². The molecule has 0 spiro atoms. The first-order chi connectivity index (χ1) is 10.2. The lowest BCUT2D eigenvalue weighted by atomic mass is 10.1. The molecule has 110 valence electrons. The summed E-state index contributed by atoms with van der Waals surface area (Å²) in [5.74, 6) is -0.896. The van der Waals surface area contributed by atoms with E-state index >= 15 is 0 Å². The van der Waals surface area contributed by atoms with Crippen molar-refractivity contribution >= 4 is 11.9 Å². The zero-order valence-corrected chi connectivity index (χ0v) is 12.1. The van der Waals surface area contributed by atoms with Crippen LogP contribution in [0.25, 0.3) is 11.1 Å². The monoisotopic (exact) mass is 288 g/mol. The Labute approximate surface area is 122 Å². The Kier molecular flexibility index (Phi) is 4.42. The summed E-state index contributed by atoms with van der Waals surface area (Å²) in [4.78, 5) is 24.2. The molecule has 0 aliphatic heterocycles. The molecule has 0 aromatic rings. The number of fused-ring (bicyclic) bond motifs is 1. The van der Waals surface area contributed by atoms with E-state index in [1.807, 2.05) is 6.07 Å². The van der Waals surface area contributed by atoms with E-state index in [2.05, 4.69) is 0 Å². The van der Waals surface area contributed by atoms with E-state index < -0.39 is 11.9 Å². The van der Waals surface area contributed by atoms with Crippen LogP contribution in [0.15, 0.2) is 30.3 Å². The lowest BCUT2D eigenvalue weighted by Gasteiger charge is -2.06. The minimum absolute atomic E-state index is 0.206. The number of esters is 2. The van der Waals surface area contributed by atoms with Crippen molar-refractivity contribution in [2.24, 2.45) is 0 Å². The van der Waals surface area contributed by atoms with Crippen LogP contribution < -0.4 is 4.74 Å². The second kappa shape index (κ2) is 6.26. The Morgan fingerprint density at radius 3 is 1.76 bits per heavy atom. The number of ether oxygens (including phenoxy) is 3. The van der Waals surface area contributed by atoms with Crippen LogP contribution in [-0.4, -0.2) is 32.8 Å². The summed E-state index contributed by atoms with van der Waals surface area (Å²) in [5.41, 5.74) is 1.67. The summed E-state index contributed by atoms with van der Waals surface area (Å²) < 4.78 is 15.2. The normalized spacial score (nSPS) is 10.2. The van der Waals surface area contributed by atoms with Gasteiger partial charge < -0.3 is 14.2 Å². The molecule has 0 fully saturated rings. The molecule has 0 saturated heterocycles. The molecule has 2 rings (SSSR count). The standard InChI is InChI=1S/C16H16O5/c1-4-21-14-12(15(17)19-2)10-8-6-5-7-9-11(10)13(14)16(18)20-3/h5-9H,4H2,1-3H3. The van der Waals surface area contributed by atoms with Gasteiger partial charge in [0.25, 0.3) is 0 Å². The van der Waals surface area contributed by atoms with Gasteiger partial charge in [-0.05, 0) is 6.92 Å². The summed E-state index contributed by atoms with van der Waals surface area (Å²) >= 11 is 0. The highest BCUT2D eigenvalue weighted by molar-refractivity contribution is 6.12. The van der Waals surface area contributed by atoms with Crippen molar-refractivity contribution in [1.29, 1.82) is 0 Å². The Morgan fingerprint density at radius 2 is 1.38 bits per heavy atom. The third-order valence-corrected chi connectivity index (χ3v) is 3.10. The van der Waals surface area contributed by atoms with Gasteiger partial charge in [0.05, 0.1) is 20.8 Å². The van der Waals surface area contributed by atoms with Crippen molar-refractivity contribution in [3.05, 3.63) is 41.5 Å². The molecular weight excluding hydrogens is 272 g/mol. The van der Waals surface area contributed by atoms with Gasteiger partial charge in [0.1, 0.15) is 16.9 Å². The van der Waals surface area contributed by atoms with Gasteiger partial charge in [-0.2, -0.15) is 0 Å². The summed E-state index contributed by atoms with van der Waals surface area (Å²) in [6.45, 7) is 2.09. The molecule has 21 heavy (non-hydrogen) atoms. The molecule has 5 heteroatoms. The maximum absolute atomic E-state index is 12.1. The summed E-state index contributed by atoms with van der Waals surface area (Å²) in [6.07, 6.45) is 0. The van der Waals surface area contributed by atoms with Gasteiger partial charge in [0.2, 0.25) is 0 Å². The van der Waals surface area contributed by atoms with Crippen LogP contribution in [0.5, 0.6) is 5.75 Å². The van der Waals surface area contributed by atoms with Crippen molar-refractivity contribution in [2.45, 2.75) is 6.92 Å². The van der Waals surface area contributed by atoms with Crippen molar-refractivity contribution in [2.75, 3.05) is 20.8 Å². The van der Waals surface area contributed by atoms with E-state index in [0.29, 0.717) is 17.7 Å². The minimum Gasteiger partial charge on any atom is -0.492 e. The van der Waals surface area contributed by atoms with E-state index in [0.717, 1.165) is 0 Å². The van der Waals surface area contributed by atoms with Crippen LogP contribution >= 0.6 is 0 Å². The molecular formula is C16H16O5. The van der Waals surface area contributed by atoms with Gasteiger partial charge in [0.15, 0.2) is 0 Å². The zero-order valence-electron chi connectivity index (χ0n) is 12.1. The van der Waals surface area contributed by atoms with Gasteiger partial charge in [-0.1, -0.05) is 30.3 Å². The predicted molar refractivity (Wildman–Crippen MR) is 76.9 cm³/mol. The number of carbonyl (C=O) groups is 2. The molecule has 2 aliphatic rings. The Morgan fingerprint density at radius 1 is 0.905 bits per heavy atom. The van der Waals surface area contributed by atoms with Gasteiger partial charge in [-0.15, -0.1) is 0 Å². The molecule has 0 aromatic carbocycles. The van der Waals surface area contributed by atoms with E-state index in [9.17, 15) is 9.59 Å². The first-order valence-corrected chi connectivity index (χ1v) is 6.49. The quantitative estimate of drug-likeness (QED) is 0.809. The van der Waals surface area contributed by atoms with Gasteiger partial charge in [0, 0.05) is 11.1 Å². The van der Waals surface area contributed by atoms with E-state index in [1.54, 1.807) is 31.2 Å². The lowest BCUT2D eigenvalue weighted by Crippen LogP contribution is -2.07. The molecule has 0 unspecified atom stereocenters. The average molecular weight is 288 g/mol. The predicted octanol–water partition coefficient (Wildman–Crippen LogP) is 2.76. The second-order valence-electron chi connectivity index (χ2n) is 4.23. The van der Waals surface area contributed by atoms with Crippen molar-refractivity contribution in [3.8, 4) is 16.9 Å². The molecule has 0 atom stereocenters. The van der Waals surface area contributed by atoms with E-state index in [4.69, 9.17) is 14.2 Å². The molecule has 0 heterocycles.